The van der Waals surface area contributed by atoms with E-state index in [2.05, 4.69) is 4.72 Å². The fourth-order valence-corrected chi connectivity index (χ4v) is 3.49. The molecule has 0 radical (unpaired) electrons. The Bertz CT molecular complexity index is 593. The minimum absolute atomic E-state index is 0.0453. The predicted octanol–water partition coefficient (Wildman–Crippen LogP) is 1.11. The van der Waals surface area contributed by atoms with Gasteiger partial charge in [0, 0.05) is 34.5 Å². The molecule has 0 heterocycles. The maximum absolute atomic E-state index is 13.7. The average molecular weight is 329 g/mol. The van der Waals surface area contributed by atoms with E-state index in [4.69, 9.17) is 17.3 Å². The summed E-state index contributed by atoms with van der Waals surface area (Å²) in [4.78, 5) is -0.611. The minimum Gasteiger partial charge on any atom is -0.399 e. The lowest BCUT2D eigenvalue weighted by atomic mass is 10.3. The molecule has 9 heteroatoms. The Hall–Kier alpha value is -0.700. The molecule has 1 aromatic rings. The van der Waals surface area contributed by atoms with E-state index in [9.17, 15) is 17.0 Å². The summed E-state index contributed by atoms with van der Waals surface area (Å²) in [6.45, 7) is 1.68. The quantitative estimate of drug-likeness (QED) is 0.765. The normalized spacial score (nSPS) is 13.4. The highest BCUT2D eigenvalue weighted by atomic mass is 35.5. The molecule has 0 saturated carbocycles. The third kappa shape index (κ3) is 4.41. The van der Waals surface area contributed by atoms with Crippen molar-refractivity contribution in [2.75, 3.05) is 23.8 Å². The van der Waals surface area contributed by atoms with Crippen LogP contribution in [-0.2, 0) is 20.8 Å². The second-order valence-electron chi connectivity index (χ2n) is 3.65. The van der Waals surface area contributed by atoms with Crippen LogP contribution in [0.4, 0.5) is 10.1 Å². The lowest BCUT2D eigenvalue weighted by Gasteiger charge is -2.09. The Morgan fingerprint density at radius 3 is 2.68 bits per heavy atom. The number of nitrogens with two attached hydrogens (primary N) is 1. The maximum Gasteiger partial charge on any atom is 0.243 e. The van der Waals surface area contributed by atoms with E-state index in [0.717, 1.165) is 12.1 Å². The minimum atomic E-state index is -4.06. The van der Waals surface area contributed by atoms with Gasteiger partial charge in [-0.1, -0.05) is 18.5 Å². The number of rotatable bonds is 6. The van der Waals surface area contributed by atoms with Crippen LogP contribution >= 0.6 is 11.6 Å². The third-order valence-corrected chi connectivity index (χ3v) is 5.29. The molecular weight excluding hydrogens is 315 g/mol. The second kappa shape index (κ2) is 6.65. The van der Waals surface area contributed by atoms with Gasteiger partial charge < -0.3 is 5.73 Å². The highest BCUT2D eigenvalue weighted by Gasteiger charge is 2.21. The third-order valence-electron chi connectivity index (χ3n) is 2.25. The average Bonchev–Trinajstić information content (AvgIpc) is 2.33. The number of benzene rings is 1. The van der Waals surface area contributed by atoms with Gasteiger partial charge in [-0.3, -0.25) is 4.21 Å². The molecule has 1 rings (SSSR count). The van der Waals surface area contributed by atoms with Crippen LogP contribution in [-0.4, -0.2) is 30.7 Å². The molecule has 1 atom stereocenters. The van der Waals surface area contributed by atoms with Gasteiger partial charge in [0.1, 0.15) is 4.90 Å². The first-order valence-corrected chi connectivity index (χ1v) is 8.72. The largest absolute Gasteiger partial charge is 0.399 e. The topological polar surface area (TPSA) is 89.3 Å². The van der Waals surface area contributed by atoms with Gasteiger partial charge in [-0.2, -0.15) is 0 Å². The molecule has 0 aromatic heterocycles. The van der Waals surface area contributed by atoms with Gasteiger partial charge in [0.05, 0.1) is 5.02 Å². The van der Waals surface area contributed by atoms with E-state index >= 15 is 0 Å². The Morgan fingerprint density at radius 2 is 2.11 bits per heavy atom. The molecule has 1 aromatic carbocycles. The summed E-state index contributed by atoms with van der Waals surface area (Å²) in [7, 11) is -5.17. The van der Waals surface area contributed by atoms with Gasteiger partial charge in [0.15, 0.2) is 5.82 Å². The van der Waals surface area contributed by atoms with Gasteiger partial charge in [-0.25, -0.2) is 17.5 Å². The van der Waals surface area contributed by atoms with E-state index in [-0.39, 0.29) is 23.0 Å². The number of halogens is 2. The molecule has 0 aliphatic carbocycles. The maximum atomic E-state index is 13.7. The smallest absolute Gasteiger partial charge is 0.243 e. The summed E-state index contributed by atoms with van der Waals surface area (Å²) in [5, 5.41) is -0.363. The zero-order chi connectivity index (χ0) is 14.6. The standard InChI is InChI=1S/C10H14ClFN2O3S2/c1-2-18(15)4-3-14-19(16,17)9-6-7(13)5-8(11)10(9)12/h5-6,14H,2-4,13H2,1H3. The Balaban J connectivity index is 2.92. The number of nitrogen functional groups attached to an aromatic ring is 1. The lowest BCUT2D eigenvalue weighted by molar-refractivity contribution is 0.559. The van der Waals surface area contributed by atoms with Crippen LogP contribution < -0.4 is 10.5 Å². The molecule has 1 unspecified atom stereocenters. The number of anilines is 1. The van der Waals surface area contributed by atoms with E-state index in [1.54, 1.807) is 6.92 Å². The van der Waals surface area contributed by atoms with Crippen molar-refractivity contribution in [1.82, 2.24) is 4.72 Å². The van der Waals surface area contributed by atoms with Crippen molar-refractivity contribution in [3.63, 3.8) is 0 Å². The number of hydrogen-bond donors (Lipinski definition) is 2. The number of sulfonamides is 1. The van der Waals surface area contributed by atoms with Crippen molar-refractivity contribution in [2.24, 2.45) is 0 Å². The fraction of sp³-hybridized carbons (Fsp3) is 0.400. The van der Waals surface area contributed by atoms with Crippen molar-refractivity contribution >= 4 is 38.1 Å². The predicted molar refractivity (Wildman–Crippen MR) is 74.6 cm³/mol. The Labute approximate surface area is 118 Å². The Kier molecular flexibility index (Phi) is 5.72. The summed E-state index contributed by atoms with van der Waals surface area (Å²) in [5.41, 5.74) is 5.48. The summed E-state index contributed by atoms with van der Waals surface area (Å²) >= 11 is 5.54. The first-order valence-electron chi connectivity index (χ1n) is 5.37. The van der Waals surface area contributed by atoms with Gasteiger partial charge in [0.25, 0.3) is 0 Å². The summed E-state index contributed by atoms with van der Waals surface area (Å²) < 4.78 is 50.7. The highest BCUT2D eigenvalue weighted by molar-refractivity contribution is 7.89. The number of hydrogen-bond acceptors (Lipinski definition) is 4. The summed E-state index contributed by atoms with van der Waals surface area (Å²) in [5.74, 6) is -0.465. The van der Waals surface area contributed by atoms with Gasteiger partial charge in [-0.15, -0.1) is 0 Å². The molecule has 0 amide bonds. The monoisotopic (exact) mass is 328 g/mol. The summed E-state index contributed by atoms with van der Waals surface area (Å²) in [6.07, 6.45) is 0. The highest BCUT2D eigenvalue weighted by Crippen LogP contribution is 2.25. The van der Waals surface area contributed by atoms with Crippen LogP contribution in [0.5, 0.6) is 0 Å². The van der Waals surface area contributed by atoms with E-state index in [1.165, 1.54) is 0 Å². The SMILES string of the molecule is CCS(=O)CCNS(=O)(=O)c1cc(N)cc(Cl)c1F. The van der Waals surface area contributed by atoms with E-state index in [1.807, 2.05) is 0 Å². The van der Waals surface area contributed by atoms with Crippen LogP contribution in [0.2, 0.25) is 5.02 Å². The van der Waals surface area contributed by atoms with Crippen LogP contribution in [0.3, 0.4) is 0 Å². The molecule has 0 fully saturated rings. The zero-order valence-electron chi connectivity index (χ0n) is 10.2. The number of nitrogens with one attached hydrogen (secondary N) is 1. The van der Waals surface area contributed by atoms with Crippen molar-refractivity contribution < 1.29 is 17.0 Å². The Morgan fingerprint density at radius 1 is 1.47 bits per heavy atom. The molecule has 108 valence electrons. The molecule has 5 nitrogen and oxygen atoms in total. The van der Waals surface area contributed by atoms with Crippen LogP contribution in [0.25, 0.3) is 0 Å². The van der Waals surface area contributed by atoms with Gasteiger partial charge in [-0.05, 0) is 12.1 Å². The van der Waals surface area contributed by atoms with Gasteiger partial charge >= 0.3 is 0 Å². The molecule has 0 saturated heterocycles. The van der Waals surface area contributed by atoms with Crippen molar-refractivity contribution in [3.8, 4) is 0 Å². The van der Waals surface area contributed by atoms with Crippen molar-refractivity contribution in [2.45, 2.75) is 11.8 Å². The molecule has 0 spiro atoms. The van der Waals surface area contributed by atoms with Crippen LogP contribution in [0.15, 0.2) is 17.0 Å². The second-order valence-corrected chi connectivity index (χ2v) is 7.65. The van der Waals surface area contributed by atoms with Crippen LogP contribution in [0.1, 0.15) is 6.92 Å². The molecule has 0 aliphatic heterocycles. The molecule has 19 heavy (non-hydrogen) atoms. The molecule has 0 aliphatic rings. The summed E-state index contributed by atoms with van der Waals surface area (Å²) in [6, 6.07) is 2.11. The first kappa shape index (κ1) is 16.4. The van der Waals surface area contributed by atoms with Crippen LogP contribution in [0, 0.1) is 5.82 Å². The van der Waals surface area contributed by atoms with Crippen molar-refractivity contribution in [1.29, 1.82) is 0 Å². The molecule has 0 bridgehead atoms. The van der Waals surface area contributed by atoms with Gasteiger partial charge in [0.2, 0.25) is 10.0 Å². The lowest BCUT2D eigenvalue weighted by Crippen LogP contribution is -2.29. The van der Waals surface area contributed by atoms with Crippen molar-refractivity contribution in [3.05, 3.63) is 23.0 Å². The molecular formula is C10H14ClFN2O3S2. The first-order chi connectivity index (χ1) is 8.77. The fourth-order valence-electron chi connectivity index (χ4n) is 1.29. The van der Waals surface area contributed by atoms with E-state index in [0.29, 0.717) is 5.75 Å². The van der Waals surface area contributed by atoms with E-state index < -0.39 is 31.5 Å². The molecule has 3 N–H and O–H groups in total. The zero-order valence-corrected chi connectivity index (χ0v) is 12.5.